The number of aromatic nitrogens is 2. The van der Waals surface area contributed by atoms with Crippen molar-refractivity contribution >= 4 is 34.7 Å². The van der Waals surface area contributed by atoms with Crippen LogP contribution in [0.5, 0.6) is 0 Å². The first-order chi connectivity index (χ1) is 16.1. The van der Waals surface area contributed by atoms with E-state index in [1.54, 1.807) is 23.0 Å². The van der Waals surface area contributed by atoms with Crippen molar-refractivity contribution in [2.75, 3.05) is 5.32 Å². The van der Waals surface area contributed by atoms with Crippen molar-refractivity contribution in [1.82, 2.24) is 14.7 Å². The maximum atomic E-state index is 13.2. The zero-order valence-corrected chi connectivity index (χ0v) is 18.4. The van der Waals surface area contributed by atoms with Crippen LogP contribution in [0.4, 0.5) is 5.69 Å². The van der Waals surface area contributed by atoms with Gasteiger partial charge in [-0.25, -0.2) is 4.68 Å². The average molecular weight is 457 g/mol. The summed E-state index contributed by atoms with van der Waals surface area (Å²) in [6.45, 7) is 0.248. The molecule has 1 saturated heterocycles. The van der Waals surface area contributed by atoms with Crippen molar-refractivity contribution in [3.05, 3.63) is 89.4 Å². The van der Waals surface area contributed by atoms with E-state index in [0.717, 1.165) is 16.1 Å². The first kappa shape index (κ1) is 20.8. The van der Waals surface area contributed by atoms with Crippen molar-refractivity contribution in [3.63, 3.8) is 0 Å². The molecule has 4 aromatic rings. The van der Waals surface area contributed by atoms with Crippen LogP contribution in [0.2, 0.25) is 0 Å². The fourth-order valence-corrected chi connectivity index (χ4v) is 4.45. The standard InChI is InChI=1S/C25H20N4O3S/c30-22-12-13-23(31)28(22)15-17-8-10-18(11-9-17)26-25(32)20-16-29(19-5-2-1-3-6-19)27-24(20)21-7-4-14-33-21/h1-11,14,16H,12-13,15H2,(H,26,32). The van der Waals surface area contributed by atoms with E-state index in [1.807, 2.05) is 60.0 Å². The number of rotatable bonds is 6. The minimum atomic E-state index is -0.266. The zero-order valence-electron chi connectivity index (χ0n) is 17.6. The molecule has 3 heterocycles. The monoisotopic (exact) mass is 456 g/mol. The Hall–Kier alpha value is -4.04. The first-order valence-electron chi connectivity index (χ1n) is 10.5. The highest BCUT2D eigenvalue weighted by Gasteiger charge is 2.28. The molecule has 5 rings (SSSR count). The van der Waals surface area contributed by atoms with Crippen molar-refractivity contribution in [2.24, 2.45) is 0 Å². The fraction of sp³-hybridized carbons (Fsp3) is 0.120. The summed E-state index contributed by atoms with van der Waals surface area (Å²) in [6.07, 6.45) is 2.28. The quantitative estimate of drug-likeness (QED) is 0.433. The van der Waals surface area contributed by atoms with Gasteiger partial charge >= 0.3 is 0 Å². The molecule has 1 aliphatic heterocycles. The molecule has 33 heavy (non-hydrogen) atoms. The molecule has 0 bridgehead atoms. The molecule has 164 valence electrons. The lowest BCUT2D eigenvalue weighted by Gasteiger charge is -2.14. The highest BCUT2D eigenvalue weighted by atomic mass is 32.1. The van der Waals surface area contributed by atoms with Gasteiger partial charge in [0.2, 0.25) is 11.8 Å². The molecule has 2 aromatic heterocycles. The van der Waals surface area contributed by atoms with Crippen LogP contribution >= 0.6 is 11.3 Å². The van der Waals surface area contributed by atoms with E-state index in [1.165, 1.54) is 16.2 Å². The van der Waals surface area contributed by atoms with E-state index >= 15 is 0 Å². The van der Waals surface area contributed by atoms with Gasteiger partial charge in [-0.2, -0.15) is 5.10 Å². The molecule has 0 radical (unpaired) electrons. The Balaban J connectivity index is 1.37. The Kier molecular flexibility index (Phi) is 5.58. The third kappa shape index (κ3) is 4.33. The average Bonchev–Trinajstić information content (AvgIpc) is 3.58. The van der Waals surface area contributed by atoms with Crippen LogP contribution in [-0.4, -0.2) is 32.4 Å². The topological polar surface area (TPSA) is 84.3 Å². The van der Waals surface area contributed by atoms with Crippen molar-refractivity contribution in [1.29, 1.82) is 0 Å². The Morgan fingerprint density at radius 2 is 1.67 bits per heavy atom. The third-order valence-electron chi connectivity index (χ3n) is 5.44. The van der Waals surface area contributed by atoms with Crippen LogP contribution in [0.1, 0.15) is 28.8 Å². The number of benzene rings is 2. The number of nitrogens with one attached hydrogen (secondary N) is 1. The highest BCUT2D eigenvalue weighted by Crippen LogP contribution is 2.28. The second kappa shape index (κ2) is 8.84. The molecule has 0 atom stereocenters. The number of likely N-dealkylation sites (tertiary alicyclic amines) is 1. The summed E-state index contributed by atoms with van der Waals surface area (Å²) in [5, 5.41) is 9.55. The van der Waals surface area contributed by atoms with Gasteiger partial charge in [0.15, 0.2) is 0 Å². The summed E-state index contributed by atoms with van der Waals surface area (Å²) in [6, 6.07) is 20.7. The SMILES string of the molecule is O=C(Nc1ccc(CN2C(=O)CCC2=O)cc1)c1cn(-c2ccccc2)nc1-c1cccs1. The van der Waals surface area contributed by atoms with Gasteiger partial charge in [0.25, 0.3) is 5.91 Å². The predicted molar refractivity (Wildman–Crippen MR) is 126 cm³/mol. The normalized spacial score (nSPS) is 13.5. The number of nitrogens with zero attached hydrogens (tertiary/aromatic N) is 3. The molecule has 8 heteroatoms. The van der Waals surface area contributed by atoms with Crippen molar-refractivity contribution < 1.29 is 14.4 Å². The lowest BCUT2D eigenvalue weighted by atomic mass is 10.1. The van der Waals surface area contributed by atoms with E-state index in [4.69, 9.17) is 0 Å². The van der Waals surface area contributed by atoms with Gasteiger partial charge in [0.05, 0.1) is 22.7 Å². The predicted octanol–water partition coefficient (Wildman–Crippen LogP) is 4.50. The smallest absolute Gasteiger partial charge is 0.259 e. The maximum Gasteiger partial charge on any atom is 0.259 e. The van der Waals surface area contributed by atoms with Crippen molar-refractivity contribution in [2.45, 2.75) is 19.4 Å². The molecule has 7 nitrogen and oxygen atoms in total. The molecule has 0 aliphatic carbocycles. The lowest BCUT2D eigenvalue weighted by molar-refractivity contribution is -0.139. The maximum absolute atomic E-state index is 13.2. The minimum absolute atomic E-state index is 0.145. The third-order valence-corrected chi connectivity index (χ3v) is 6.32. The molecule has 1 N–H and O–H groups in total. The van der Waals surface area contributed by atoms with E-state index < -0.39 is 0 Å². The second-order valence-electron chi connectivity index (χ2n) is 7.67. The lowest BCUT2D eigenvalue weighted by Crippen LogP contribution is -2.28. The van der Waals surface area contributed by atoms with Crippen LogP contribution in [-0.2, 0) is 16.1 Å². The number of carbonyl (C=O) groups is 3. The van der Waals surface area contributed by atoms with Crippen LogP contribution in [0.25, 0.3) is 16.3 Å². The molecule has 0 spiro atoms. The number of hydrogen-bond donors (Lipinski definition) is 1. The number of para-hydroxylation sites is 1. The van der Waals surface area contributed by atoms with Gasteiger partial charge in [0.1, 0.15) is 5.69 Å². The van der Waals surface area contributed by atoms with Crippen molar-refractivity contribution in [3.8, 4) is 16.3 Å². The summed E-state index contributed by atoms with van der Waals surface area (Å²) >= 11 is 1.52. The second-order valence-corrected chi connectivity index (χ2v) is 8.62. The molecular weight excluding hydrogens is 436 g/mol. The molecule has 1 aliphatic rings. The molecule has 2 aromatic carbocycles. The molecular formula is C25H20N4O3S. The number of carbonyl (C=O) groups excluding carboxylic acids is 3. The van der Waals surface area contributed by atoms with Gasteiger partial charge in [-0.3, -0.25) is 19.3 Å². The number of amides is 3. The minimum Gasteiger partial charge on any atom is -0.322 e. The summed E-state index contributed by atoms with van der Waals surface area (Å²) in [4.78, 5) is 39.0. The van der Waals surface area contributed by atoms with Gasteiger partial charge in [-0.05, 0) is 41.3 Å². The van der Waals surface area contributed by atoms with Gasteiger partial charge in [0, 0.05) is 24.7 Å². The van der Waals surface area contributed by atoms with Crippen LogP contribution in [0.15, 0.2) is 78.3 Å². The summed E-state index contributed by atoms with van der Waals surface area (Å²) in [5.74, 6) is -0.555. The van der Waals surface area contributed by atoms with E-state index in [0.29, 0.717) is 16.9 Å². The Morgan fingerprint density at radius 3 is 2.33 bits per heavy atom. The summed E-state index contributed by atoms with van der Waals surface area (Å²) in [5.41, 5.74) is 3.40. The van der Waals surface area contributed by atoms with E-state index in [-0.39, 0.29) is 37.1 Å². The molecule has 3 amide bonds. The Morgan fingerprint density at radius 1 is 0.939 bits per heavy atom. The first-order valence-corrected chi connectivity index (χ1v) is 11.4. The Labute approximate surface area is 194 Å². The van der Waals surface area contributed by atoms with E-state index in [9.17, 15) is 14.4 Å². The molecule has 0 unspecified atom stereocenters. The fourth-order valence-electron chi connectivity index (χ4n) is 3.72. The number of imide groups is 1. The van der Waals surface area contributed by atoms with Gasteiger partial charge in [-0.15, -0.1) is 11.3 Å². The summed E-state index contributed by atoms with van der Waals surface area (Å²) < 4.78 is 1.71. The highest BCUT2D eigenvalue weighted by molar-refractivity contribution is 7.13. The van der Waals surface area contributed by atoms with E-state index in [2.05, 4.69) is 10.4 Å². The zero-order chi connectivity index (χ0) is 22.8. The van der Waals surface area contributed by atoms with Crippen LogP contribution < -0.4 is 5.32 Å². The largest absolute Gasteiger partial charge is 0.322 e. The van der Waals surface area contributed by atoms with Gasteiger partial charge in [-0.1, -0.05) is 36.4 Å². The van der Waals surface area contributed by atoms with Crippen LogP contribution in [0.3, 0.4) is 0 Å². The van der Waals surface area contributed by atoms with Crippen LogP contribution in [0, 0.1) is 0 Å². The Bertz CT molecular complexity index is 1300. The molecule has 1 fully saturated rings. The number of hydrogen-bond acceptors (Lipinski definition) is 5. The molecule has 0 saturated carbocycles. The van der Waals surface area contributed by atoms with Gasteiger partial charge < -0.3 is 5.32 Å². The number of thiophene rings is 1. The summed E-state index contributed by atoms with van der Waals surface area (Å²) in [7, 11) is 0. The number of anilines is 1.